The maximum atomic E-state index is 12.1. The number of hydrogen-bond acceptors (Lipinski definition) is 10. The lowest BCUT2D eigenvalue weighted by atomic mass is 10.1. The first-order chi connectivity index (χ1) is 14.0. The molecule has 0 aromatic heterocycles. The summed E-state index contributed by atoms with van der Waals surface area (Å²) in [6, 6.07) is 4.89. The summed E-state index contributed by atoms with van der Waals surface area (Å²) in [6.07, 6.45) is 0.604. The smallest absolute Gasteiger partial charge is 0.303 e. The summed E-state index contributed by atoms with van der Waals surface area (Å²) < 4.78 is 5.72. The van der Waals surface area contributed by atoms with Crippen LogP contribution in [0.4, 0.5) is 5.69 Å². The van der Waals surface area contributed by atoms with Crippen LogP contribution in [0.3, 0.4) is 0 Å². The van der Waals surface area contributed by atoms with Crippen LogP contribution < -0.4 is 4.74 Å². The lowest BCUT2D eigenvalue weighted by Crippen LogP contribution is -2.26. The van der Waals surface area contributed by atoms with E-state index in [9.17, 15) is 14.4 Å². The van der Waals surface area contributed by atoms with Crippen molar-refractivity contribution in [3.63, 3.8) is 0 Å². The number of ketones is 2. The van der Waals surface area contributed by atoms with Crippen molar-refractivity contribution in [2.45, 2.75) is 26.7 Å². The highest BCUT2D eigenvalue weighted by Gasteiger charge is 2.29. The Balaban J connectivity index is 1.88. The highest BCUT2D eigenvalue weighted by atomic mass is 16.5. The van der Waals surface area contributed by atoms with Gasteiger partial charge in [-0.2, -0.15) is 15.2 Å². The number of azo groups is 1. The third-order valence-corrected chi connectivity index (χ3v) is 3.66. The number of ether oxygens (including phenoxy) is 1. The Hall–Kier alpha value is -3.76. The van der Waals surface area contributed by atoms with Gasteiger partial charge in [-0.25, -0.2) is 4.99 Å². The monoisotopic (exact) mass is 395 g/mol. The molecule has 3 rings (SSSR count). The van der Waals surface area contributed by atoms with Crippen molar-refractivity contribution >= 4 is 40.5 Å². The second-order valence-corrected chi connectivity index (χ2v) is 6.16. The number of nitrogens with zero attached hydrogens (tertiary/aromatic N) is 7. The van der Waals surface area contributed by atoms with E-state index in [2.05, 4.69) is 35.7 Å². The molecule has 29 heavy (non-hydrogen) atoms. The zero-order chi connectivity index (χ0) is 20.8. The number of amides is 1. The fourth-order valence-corrected chi connectivity index (χ4v) is 2.43. The molecule has 0 bridgehead atoms. The van der Waals surface area contributed by atoms with Crippen molar-refractivity contribution in [1.82, 2.24) is 0 Å². The van der Waals surface area contributed by atoms with E-state index in [4.69, 9.17) is 4.74 Å². The van der Waals surface area contributed by atoms with Crippen molar-refractivity contribution in [2.24, 2.45) is 35.7 Å². The minimum atomic E-state index is -0.599. The van der Waals surface area contributed by atoms with Gasteiger partial charge >= 0.3 is 5.91 Å². The van der Waals surface area contributed by atoms with Gasteiger partial charge in [-0.3, -0.25) is 14.4 Å². The number of benzene rings is 1. The Labute approximate surface area is 165 Å². The van der Waals surface area contributed by atoms with Gasteiger partial charge in [0.15, 0.2) is 11.6 Å². The van der Waals surface area contributed by atoms with Crippen LogP contribution in [0.15, 0.2) is 53.9 Å². The van der Waals surface area contributed by atoms with Crippen LogP contribution in [0.25, 0.3) is 0 Å². The van der Waals surface area contributed by atoms with E-state index in [-0.39, 0.29) is 41.9 Å². The quantitative estimate of drug-likeness (QED) is 0.467. The number of aliphatic imine (C=N–C) groups is 2. The normalized spacial score (nSPS) is 15.1. The van der Waals surface area contributed by atoms with Gasteiger partial charge in [0, 0.05) is 0 Å². The summed E-state index contributed by atoms with van der Waals surface area (Å²) >= 11 is 0. The number of Topliss-reactive ketones (excluding diaryl/α,β-unsaturated/α-hetero) is 2. The third kappa shape index (κ3) is 4.94. The molecule has 2 aliphatic heterocycles. The topological polar surface area (TPSA) is 147 Å². The molecule has 0 saturated carbocycles. The summed E-state index contributed by atoms with van der Waals surface area (Å²) in [5.41, 5.74) is 0.818. The van der Waals surface area contributed by atoms with Crippen molar-refractivity contribution in [2.75, 3.05) is 13.2 Å². The van der Waals surface area contributed by atoms with Crippen molar-refractivity contribution in [3.05, 3.63) is 23.8 Å². The molecule has 0 fully saturated rings. The number of fused-ring (bicyclic) bond motifs is 1. The molecule has 148 valence electrons. The van der Waals surface area contributed by atoms with Gasteiger partial charge in [0.2, 0.25) is 11.5 Å². The minimum Gasteiger partial charge on any atom is -0.493 e. The predicted octanol–water partition coefficient (Wildman–Crippen LogP) is 2.61. The number of amidine groups is 2. The molecule has 1 aromatic rings. The summed E-state index contributed by atoms with van der Waals surface area (Å²) in [5.74, 6) is -0.501. The Morgan fingerprint density at radius 3 is 2.76 bits per heavy atom. The number of carbonyl (C=O) groups excluding carboxylic acids is 3. The van der Waals surface area contributed by atoms with E-state index in [1.165, 1.54) is 6.92 Å². The van der Waals surface area contributed by atoms with Crippen molar-refractivity contribution in [3.8, 4) is 5.75 Å². The minimum absolute atomic E-state index is 0.00963. The Kier molecular flexibility index (Phi) is 6.17. The maximum absolute atomic E-state index is 12.1. The first-order valence-corrected chi connectivity index (χ1v) is 8.84. The summed E-state index contributed by atoms with van der Waals surface area (Å²) in [7, 11) is 0. The maximum Gasteiger partial charge on any atom is 0.303 e. The molecule has 0 unspecified atom stereocenters. The SMILES string of the molecule is CCCOc1ccc(N=NCC(=O)CC(C)=O)cc1C1=NC(=O)C2=NN=NC2=N1. The van der Waals surface area contributed by atoms with E-state index < -0.39 is 5.91 Å². The van der Waals surface area contributed by atoms with Crippen molar-refractivity contribution in [1.29, 1.82) is 0 Å². The average molecular weight is 395 g/mol. The van der Waals surface area contributed by atoms with Gasteiger partial charge in [-0.15, -0.1) is 10.2 Å². The second-order valence-electron chi connectivity index (χ2n) is 6.16. The van der Waals surface area contributed by atoms with E-state index in [0.29, 0.717) is 23.6 Å². The van der Waals surface area contributed by atoms with E-state index in [0.717, 1.165) is 6.42 Å². The largest absolute Gasteiger partial charge is 0.493 e. The molecule has 0 atom stereocenters. The lowest BCUT2D eigenvalue weighted by Gasteiger charge is -2.13. The molecular formula is C18H17N7O4. The molecule has 2 aliphatic rings. The van der Waals surface area contributed by atoms with E-state index >= 15 is 0 Å². The van der Waals surface area contributed by atoms with Crippen LogP contribution in [0.1, 0.15) is 32.3 Å². The third-order valence-electron chi connectivity index (χ3n) is 3.66. The number of hydrogen-bond donors (Lipinski definition) is 0. The van der Waals surface area contributed by atoms with Crippen molar-refractivity contribution < 1.29 is 19.1 Å². The first kappa shape index (κ1) is 20.0. The van der Waals surface area contributed by atoms with Crippen LogP contribution in [0.5, 0.6) is 5.75 Å². The van der Waals surface area contributed by atoms with Gasteiger partial charge < -0.3 is 4.74 Å². The highest BCUT2D eigenvalue weighted by Crippen LogP contribution is 2.27. The zero-order valence-corrected chi connectivity index (χ0v) is 15.8. The molecule has 1 aromatic carbocycles. The summed E-state index contributed by atoms with van der Waals surface area (Å²) in [6.45, 7) is 3.55. The number of carbonyl (C=O) groups is 3. The Bertz CT molecular complexity index is 1020. The first-order valence-electron chi connectivity index (χ1n) is 8.84. The highest BCUT2D eigenvalue weighted by molar-refractivity contribution is 6.69. The molecule has 11 nitrogen and oxygen atoms in total. The summed E-state index contributed by atoms with van der Waals surface area (Å²) in [4.78, 5) is 42.8. The van der Waals surface area contributed by atoms with Crippen LogP contribution in [0, 0.1) is 0 Å². The Morgan fingerprint density at radius 2 is 2.00 bits per heavy atom. The van der Waals surface area contributed by atoms with Gasteiger partial charge in [-0.05, 0) is 36.8 Å². The predicted molar refractivity (Wildman–Crippen MR) is 103 cm³/mol. The number of rotatable bonds is 9. The molecule has 2 heterocycles. The second kappa shape index (κ2) is 8.95. The lowest BCUT2D eigenvalue weighted by molar-refractivity contribution is -0.125. The molecule has 0 spiro atoms. The fraction of sp³-hybridized carbons (Fsp3) is 0.333. The fourth-order valence-electron chi connectivity index (χ4n) is 2.43. The van der Waals surface area contributed by atoms with E-state index in [1.807, 2.05) is 6.92 Å². The van der Waals surface area contributed by atoms with Gasteiger partial charge in [0.1, 0.15) is 18.1 Å². The van der Waals surface area contributed by atoms with Crippen LogP contribution in [0.2, 0.25) is 0 Å². The van der Waals surface area contributed by atoms with Gasteiger partial charge in [-0.1, -0.05) is 6.92 Å². The standard InChI is InChI=1S/C18H17N7O4/c1-3-6-29-14-5-4-11(22-19-9-12(27)7-10(2)26)8-13(14)16-20-17-15(18(28)21-16)23-25-24-17/h4-5,8H,3,6-7,9H2,1-2H3. The van der Waals surface area contributed by atoms with Crippen LogP contribution in [-0.2, 0) is 14.4 Å². The van der Waals surface area contributed by atoms with Crippen LogP contribution in [-0.4, -0.2) is 48.0 Å². The van der Waals surface area contributed by atoms with Gasteiger partial charge in [0.25, 0.3) is 0 Å². The molecule has 0 radical (unpaired) electrons. The summed E-state index contributed by atoms with van der Waals surface area (Å²) in [5, 5.41) is 18.6. The Morgan fingerprint density at radius 1 is 1.17 bits per heavy atom. The zero-order valence-electron chi connectivity index (χ0n) is 15.8. The molecular weight excluding hydrogens is 378 g/mol. The van der Waals surface area contributed by atoms with Crippen LogP contribution >= 0.6 is 0 Å². The molecule has 11 heteroatoms. The molecule has 1 amide bonds. The average Bonchev–Trinajstić information content (AvgIpc) is 3.15. The molecule has 0 N–H and O–H groups in total. The van der Waals surface area contributed by atoms with Gasteiger partial charge in [0.05, 0.1) is 24.3 Å². The van der Waals surface area contributed by atoms with E-state index in [1.54, 1.807) is 18.2 Å². The molecule has 0 saturated heterocycles. The molecule has 0 aliphatic carbocycles.